The summed E-state index contributed by atoms with van der Waals surface area (Å²) < 4.78 is 6.08. The minimum Gasteiger partial charge on any atom is -0.404 e. The van der Waals surface area contributed by atoms with Gasteiger partial charge in [-0.2, -0.15) is 11.8 Å². The molecular formula is C18H16ClN3O2S2. The molecule has 0 saturated carbocycles. The predicted octanol–water partition coefficient (Wildman–Crippen LogP) is 4.85. The Labute approximate surface area is 164 Å². The van der Waals surface area contributed by atoms with Crippen molar-refractivity contribution in [3.8, 4) is 16.3 Å². The van der Waals surface area contributed by atoms with Crippen LogP contribution in [-0.4, -0.2) is 33.7 Å². The van der Waals surface area contributed by atoms with Crippen molar-refractivity contribution in [3.05, 3.63) is 35.4 Å². The smallest absolute Gasteiger partial charge is 0.309 e. The van der Waals surface area contributed by atoms with Gasteiger partial charge in [-0.25, -0.2) is 0 Å². The molecule has 0 aliphatic carbocycles. The summed E-state index contributed by atoms with van der Waals surface area (Å²) in [6.45, 7) is 1.36. The van der Waals surface area contributed by atoms with Gasteiger partial charge in [0.05, 0.1) is 0 Å². The molecule has 1 unspecified atom stereocenters. The van der Waals surface area contributed by atoms with Crippen LogP contribution in [0.2, 0.25) is 5.02 Å². The van der Waals surface area contributed by atoms with Crippen LogP contribution in [0.5, 0.6) is 5.88 Å². The average molecular weight is 406 g/mol. The number of fused-ring (bicyclic) bond motifs is 1. The number of carbonyl (C=O) groups excluding carboxylic acids is 1. The van der Waals surface area contributed by atoms with Crippen molar-refractivity contribution in [3.63, 3.8) is 0 Å². The number of thiophene rings is 1. The molecule has 1 saturated heterocycles. The van der Waals surface area contributed by atoms with Gasteiger partial charge < -0.3 is 10.1 Å². The molecule has 1 aliphatic heterocycles. The number of hydrogen-bond acceptors (Lipinski definition) is 7. The van der Waals surface area contributed by atoms with Crippen LogP contribution < -0.4 is 10.1 Å². The molecule has 1 aromatic carbocycles. The molecule has 2 aromatic heterocycles. The molecule has 3 aromatic rings. The zero-order valence-corrected chi connectivity index (χ0v) is 16.4. The molecule has 134 valence electrons. The fourth-order valence-electron chi connectivity index (χ4n) is 2.83. The van der Waals surface area contributed by atoms with Crippen LogP contribution in [-0.2, 0) is 4.79 Å². The summed E-state index contributed by atoms with van der Waals surface area (Å²) in [6, 6.07) is 10.1. The summed E-state index contributed by atoms with van der Waals surface area (Å²) in [6.07, 6.45) is 1.10. The van der Waals surface area contributed by atoms with Crippen molar-refractivity contribution in [1.29, 1.82) is 0 Å². The topological polar surface area (TPSA) is 64.1 Å². The van der Waals surface area contributed by atoms with Crippen LogP contribution >= 0.6 is 34.7 Å². The second-order valence-electron chi connectivity index (χ2n) is 6.01. The number of thioether (sulfide) groups is 1. The normalized spacial score (nSPS) is 16.8. The van der Waals surface area contributed by atoms with E-state index in [4.69, 9.17) is 16.3 Å². The Morgan fingerprint density at radius 1 is 1.31 bits per heavy atom. The summed E-state index contributed by atoms with van der Waals surface area (Å²) >= 11 is 9.46. The molecule has 0 bridgehead atoms. The van der Waals surface area contributed by atoms with E-state index in [-0.39, 0.29) is 5.88 Å². The van der Waals surface area contributed by atoms with Gasteiger partial charge in [-0.3, -0.25) is 4.79 Å². The zero-order valence-electron chi connectivity index (χ0n) is 14.0. The van der Waals surface area contributed by atoms with Crippen molar-refractivity contribution in [2.75, 3.05) is 16.8 Å². The highest BCUT2D eigenvalue weighted by molar-refractivity contribution is 7.99. The number of ether oxygens (including phenoxy) is 1. The van der Waals surface area contributed by atoms with Gasteiger partial charge in [-0.05, 0) is 35.9 Å². The molecule has 1 atom stereocenters. The van der Waals surface area contributed by atoms with Crippen molar-refractivity contribution in [2.45, 2.75) is 19.4 Å². The predicted molar refractivity (Wildman–Crippen MR) is 109 cm³/mol. The summed E-state index contributed by atoms with van der Waals surface area (Å²) in [7, 11) is 0. The first-order valence-electron chi connectivity index (χ1n) is 8.19. The molecule has 0 radical (unpaired) electrons. The number of carbonyl (C=O) groups is 1. The van der Waals surface area contributed by atoms with Gasteiger partial charge in [0.15, 0.2) is 5.82 Å². The third-order valence-electron chi connectivity index (χ3n) is 4.06. The maximum Gasteiger partial charge on any atom is 0.309 e. The van der Waals surface area contributed by atoms with Crippen molar-refractivity contribution in [1.82, 2.24) is 10.2 Å². The Morgan fingerprint density at radius 3 is 2.81 bits per heavy atom. The fraction of sp³-hybridized carbons (Fsp3) is 0.278. The molecule has 0 amide bonds. The van der Waals surface area contributed by atoms with Gasteiger partial charge in [-0.15, -0.1) is 21.5 Å². The number of nitrogens with zero attached hydrogens (tertiary/aromatic N) is 2. The SMILES string of the molecule is CC(=O)Oc1nnc(NC2CCSC2)c2cc(-c3ccc(Cl)cc3)sc12. The lowest BCUT2D eigenvalue weighted by atomic mass is 10.1. The van der Waals surface area contributed by atoms with Gasteiger partial charge in [0, 0.05) is 34.0 Å². The standard InChI is InChI=1S/C18H16ClN3O2S2/c1-10(23)24-18-16-14(17(21-22-18)20-13-6-7-25-9-13)8-15(26-16)11-2-4-12(19)5-3-11/h2-5,8,13H,6-7,9H2,1H3,(H,20,21). The van der Waals surface area contributed by atoms with E-state index in [0.717, 1.165) is 44.3 Å². The third kappa shape index (κ3) is 3.65. The Bertz CT molecular complexity index is 953. The van der Waals surface area contributed by atoms with E-state index in [1.165, 1.54) is 18.3 Å². The summed E-state index contributed by atoms with van der Waals surface area (Å²) in [4.78, 5) is 12.5. The van der Waals surface area contributed by atoms with Crippen LogP contribution in [0.1, 0.15) is 13.3 Å². The lowest BCUT2D eigenvalue weighted by molar-refractivity contribution is -0.132. The molecule has 1 fully saturated rings. The van der Waals surface area contributed by atoms with E-state index in [1.54, 1.807) is 0 Å². The van der Waals surface area contributed by atoms with Crippen molar-refractivity contribution >= 4 is 56.6 Å². The van der Waals surface area contributed by atoms with Gasteiger partial charge in [-0.1, -0.05) is 23.7 Å². The maximum absolute atomic E-state index is 11.4. The molecule has 0 spiro atoms. The Balaban J connectivity index is 1.79. The van der Waals surface area contributed by atoms with Crippen LogP contribution in [0.25, 0.3) is 20.5 Å². The minimum atomic E-state index is -0.407. The molecular weight excluding hydrogens is 390 g/mol. The second-order valence-corrected chi connectivity index (χ2v) is 8.65. The third-order valence-corrected chi connectivity index (χ3v) is 6.65. The number of nitrogens with one attached hydrogen (secondary N) is 1. The second kappa shape index (κ2) is 7.42. The number of hydrogen-bond donors (Lipinski definition) is 1. The zero-order chi connectivity index (χ0) is 18.1. The molecule has 5 nitrogen and oxygen atoms in total. The number of esters is 1. The quantitative estimate of drug-likeness (QED) is 0.625. The van der Waals surface area contributed by atoms with E-state index >= 15 is 0 Å². The molecule has 4 rings (SSSR count). The molecule has 1 aliphatic rings. The largest absolute Gasteiger partial charge is 0.404 e. The lowest BCUT2D eigenvalue weighted by Gasteiger charge is -2.12. The van der Waals surface area contributed by atoms with Crippen molar-refractivity contribution in [2.24, 2.45) is 0 Å². The lowest BCUT2D eigenvalue weighted by Crippen LogP contribution is -2.19. The van der Waals surface area contributed by atoms with Crippen LogP contribution in [0.3, 0.4) is 0 Å². The van der Waals surface area contributed by atoms with Crippen LogP contribution in [0.15, 0.2) is 30.3 Å². The van der Waals surface area contributed by atoms with Crippen LogP contribution in [0, 0.1) is 0 Å². The molecule has 3 heterocycles. The Hall–Kier alpha value is -1.83. The van der Waals surface area contributed by atoms with Crippen molar-refractivity contribution < 1.29 is 9.53 Å². The minimum absolute atomic E-state index is 0.254. The first-order valence-corrected chi connectivity index (χ1v) is 10.5. The first kappa shape index (κ1) is 17.6. The Kier molecular flexibility index (Phi) is 5.02. The number of rotatable bonds is 4. The highest BCUT2D eigenvalue weighted by atomic mass is 35.5. The summed E-state index contributed by atoms with van der Waals surface area (Å²) in [5.74, 6) is 2.79. The van der Waals surface area contributed by atoms with Gasteiger partial charge in [0.25, 0.3) is 5.88 Å². The van der Waals surface area contributed by atoms with E-state index in [2.05, 4.69) is 21.6 Å². The van der Waals surface area contributed by atoms with E-state index in [0.29, 0.717) is 11.1 Å². The van der Waals surface area contributed by atoms with Gasteiger partial charge in [0.2, 0.25) is 0 Å². The van der Waals surface area contributed by atoms with E-state index in [9.17, 15) is 4.79 Å². The Morgan fingerprint density at radius 2 is 2.12 bits per heavy atom. The van der Waals surface area contributed by atoms with Gasteiger partial charge in [0.1, 0.15) is 4.70 Å². The summed E-state index contributed by atoms with van der Waals surface area (Å²) in [5.41, 5.74) is 1.05. The molecule has 26 heavy (non-hydrogen) atoms. The van der Waals surface area contributed by atoms with Gasteiger partial charge >= 0.3 is 5.97 Å². The number of anilines is 1. The first-order chi connectivity index (χ1) is 12.6. The number of halogens is 1. The number of aromatic nitrogens is 2. The number of benzene rings is 1. The highest BCUT2D eigenvalue weighted by Gasteiger charge is 2.21. The van der Waals surface area contributed by atoms with E-state index < -0.39 is 5.97 Å². The summed E-state index contributed by atoms with van der Waals surface area (Å²) in [5, 5.41) is 13.5. The maximum atomic E-state index is 11.4. The average Bonchev–Trinajstić information content (AvgIpc) is 3.27. The molecule has 1 N–H and O–H groups in total. The molecule has 8 heteroatoms. The fourth-order valence-corrected chi connectivity index (χ4v) is 5.19. The van der Waals surface area contributed by atoms with E-state index in [1.807, 2.05) is 36.0 Å². The van der Waals surface area contributed by atoms with Crippen LogP contribution in [0.4, 0.5) is 5.82 Å². The monoisotopic (exact) mass is 405 g/mol. The highest BCUT2D eigenvalue weighted by Crippen LogP contribution is 2.40.